The molecule has 0 heterocycles. The molecule has 0 saturated heterocycles. The second-order valence-corrected chi connectivity index (χ2v) is 12.9. The SMILES string of the molecule is Cc1cccc(NC(=O)Nc2cccc(OS(=O)c3cccc(S(=O)(=O)Oc4cccc(NC(=O)Nc5cccc(C)c5)c4)c3)c2)c1. The molecule has 5 aromatic carbocycles. The number of nitrogens with one attached hydrogen (secondary N) is 4. The van der Waals surface area contributed by atoms with Crippen LogP contribution in [0.2, 0.25) is 0 Å². The fourth-order valence-corrected chi connectivity index (χ4v) is 6.16. The molecule has 0 fully saturated rings. The van der Waals surface area contributed by atoms with Crippen molar-refractivity contribution in [3.63, 3.8) is 0 Å². The molecule has 4 N–H and O–H groups in total. The Bertz CT molecular complexity index is 2070. The molecule has 5 aromatic rings. The monoisotopic (exact) mass is 670 g/mol. The van der Waals surface area contributed by atoms with E-state index in [-0.39, 0.29) is 21.3 Å². The predicted molar refractivity (Wildman–Crippen MR) is 182 cm³/mol. The molecule has 0 spiro atoms. The summed E-state index contributed by atoms with van der Waals surface area (Å²) in [6.45, 7) is 3.81. The van der Waals surface area contributed by atoms with E-state index in [2.05, 4.69) is 21.3 Å². The van der Waals surface area contributed by atoms with Gasteiger partial charge in [0.1, 0.15) is 16.4 Å². The Morgan fingerprint density at radius 3 is 1.55 bits per heavy atom. The third kappa shape index (κ3) is 9.42. The number of amides is 4. The first kappa shape index (κ1) is 32.7. The van der Waals surface area contributed by atoms with Gasteiger partial charge in [0.05, 0.1) is 4.90 Å². The minimum atomic E-state index is -4.36. The molecule has 13 heteroatoms. The number of hydrogen-bond acceptors (Lipinski definition) is 7. The van der Waals surface area contributed by atoms with Gasteiger partial charge < -0.3 is 29.6 Å². The average Bonchev–Trinajstić information content (AvgIpc) is 3.01. The number of carbonyl (C=O) groups is 2. The number of aryl methyl sites for hydroxylation is 2. The Balaban J connectivity index is 1.21. The van der Waals surface area contributed by atoms with Gasteiger partial charge in [-0.05, 0) is 91.7 Å². The largest absolute Gasteiger partial charge is 0.397 e. The quantitative estimate of drug-likeness (QED) is 0.113. The molecule has 0 aliphatic heterocycles. The van der Waals surface area contributed by atoms with Crippen molar-refractivity contribution in [1.82, 2.24) is 0 Å². The molecule has 11 nitrogen and oxygen atoms in total. The number of anilines is 4. The van der Waals surface area contributed by atoms with Crippen LogP contribution in [0.3, 0.4) is 0 Å². The number of carbonyl (C=O) groups excluding carboxylic acids is 2. The fraction of sp³-hybridized carbons (Fsp3) is 0.0588. The second kappa shape index (κ2) is 14.6. The molecule has 1 unspecified atom stereocenters. The van der Waals surface area contributed by atoms with Gasteiger partial charge in [-0.2, -0.15) is 8.42 Å². The van der Waals surface area contributed by atoms with Gasteiger partial charge in [-0.15, -0.1) is 0 Å². The summed E-state index contributed by atoms with van der Waals surface area (Å²) >= 11 is -2.11. The van der Waals surface area contributed by atoms with E-state index in [9.17, 15) is 22.2 Å². The summed E-state index contributed by atoms with van der Waals surface area (Å²) < 4.78 is 50.2. The van der Waals surface area contributed by atoms with Crippen molar-refractivity contribution in [2.24, 2.45) is 0 Å². The lowest BCUT2D eigenvalue weighted by molar-refractivity contribution is 0.261. The highest BCUT2D eigenvalue weighted by Crippen LogP contribution is 2.25. The van der Waals surface area contributed by atoms with Crippen LogP contribution >= 0.6 is 0 Å². The van der Waals surface area contributed by atoms with Gasteiger partial charge in [0.2, 0.25) is 11.1 Å². The van der Waals surface area contributed by atoms with E-state index in [0.717, 1.165) is 11.1 Å². The fourth-order valence-electron chi connectivity index (χ4n) is 4.33. The van der Waals surface area contributed by atoms with Gasteiger partial charge >= 0.3 is 22.2 Å². The van der Waals surface area contributed by atoms with Crippen molar-refractivity contribution in [2.45, 2.75) is 23.6 Å². The summed E-state index contributed by atoms with van der Waals surface area (Å²) in [6.07, 6.45) is 0. The minimum Gasteiger partial charge on any atom is -0.397 e. The highest BCUT2D eigenvalue weighted by atomic mass is 32.2. The minimum absolute atomic E-state index is 0.0446. The van der Waals surface area contributed by atoms with Crippen molar-refractivity contribution >= 4 is 56.0 Å². The van der Waals surface area contributed by atoms with Crippen molar-refractivity contribution < 1.29 is 30.6 Å². The predicted octanol–water partition coefficient (Wildman–Crippen LogP) is 7.46. The maximum Gasteiger partial charge on any atom is 0.339 e. The van der Waals surface area contributed by atoms with E-state index >= 15 is 0 Å². The Hall–Kier alpha value is -5.66. The maximum absolute atomic E-state index is 13.1. The Morgan fingerprint density at radius 2 is 1.02 bits per heavy atom. The van der Waals surface area contributed by atoms with Crippen LogP contribution < -0.4 is 29.6 Å². The summed E-state index contributed by atoms with van der Waals surface area (Å²) in [7, 11) is -4.36. The molecule has 0 radical (unpaired) electrons. The smallest absolute Gasteiger partial charge is 0.339 e. The van der Waals surface area contributed by atoms with Crippen LogP contribution in [0.5, 0.6) is 11.5 Å². The number of rotatable bonds is 10. The first-order chi connectivity index (χ1) is 22.5. The molecule has 5 rings (SSSR count). The van der Waals surface area contributed by atoms with Crippen LogP contribution in [-0.4, -0.2) is 24.7 Å². The van der Waals surface area contributed by atoms with Crippen molar-refractivity contribution in [1.29, 1.82) is 0 Å². The van der Waals surface area contributed by atoms with Crippen LogP contribution in [0.1, 0.15) is 11.1 Å². The summed E-state index contributed by atoms with van der Waals surface area (Å²) in [4.78, 5) is 24.7. The molecule has 240 valence electrons. The molecule has 0 aliphatic rings. The molecule has 0 aliphatic carbocycles. The molecular weight excluding hydrogens is 641 g/mol. The summed E-state index contributed by atoms with van der Waals surface area (Å²) in [5, 5.41) is 10.8. The van der Waals surface area contributed by atoms with Crippen molar-refractivity contribution in [3.05, 3.63) is 132 Å². The molecule has 0 bridgehead atoms. The van der Waals surface area contributed by atoms with E-state index < -0.39 is 33.3 Å². The van der Waals surface area contributed by atoms with Crippen LogP contribution in [0.15, 0.2) is 131 Å². The van der Waals surface area contributed by atoms with Gasteiger partial charge in [0.15, 0.2) is 0 Å². The van der Waals surface area contributed by atoms with E-state index in [1.54, 1.807) is 42.5 Å². The average molecular weight is 671 g/mol. The Morgan fingerprint density at radius 1 is 0.574 bits per heavy atom. The lowest BCUT2D eigenvalue weighted by atomic mass is 10.2. The van der Waals surface area contributed by atoms with Crippen LogP contribution in [-0.2, 0) is 21.2 Å². The highest BCUT2D eigenvalue weighted by molar-refractivity contribution is 7.87. The zero-order valence-corrected chi connectivity index (χ0v) is 26.9. The molecule has 0 aromatic heterocycles. The van der Waals surface area contributed by atoms with Gasteiger partial charge in [0.25, 0.3) is 0 Å². The highest BCUT2D eigenvalue weighted by Gasteiger charge is 2.20. The Kier molecular flexibility index (Phi) is 10.2. The van der Waals surface area contributed by atoms with Gasteiger partial charge in [-0.25, -0.2) is 13.8 Å². The van der Waals surface area contributed by atoms with Crippen LogP contribution in [0.25, 0.3) is 0 Å². The van der Waals surface area contributed by atoms with Gasteiger partial charge in [-0.1, -0.05) is 42.5 Å². The number of benzene rings is 5. The van der Waals surface area contributed by atoms with Crippen LogP contribution in [0.4, 0.5) is 32.3 Å². The van der Waals surface area contributed by atoms with Crippen molar-refractivity contribution in [2.75, 3.05) is 21.3 Å². The van der Waals surface area contributed by atoms with E-state index in [0.29, 0.717) is 22.7 Å². The normalized spacial score (nSPS) is 11.5. The third-order valence-corrected chi connectivity index (χ3v) is 8.63. The van der Waals surface area contributed by atoms with E-state index in [1.807, 2.05) is 44.2 Å². The molecule has 1 atom stereocenters. The zero-order chi connectivity index (χ0) is 33.4. The first-order valence-corrected chi connectivity index (χ1v) is 16.6. The van der Waals surface area contributed by atoms with E-state index in [4.69, 9.17) is 8.37 Å². The summed E-state index contributed by atoms with van der Waals surface area (Å²) in [6, 6.07) is 31.1. The standard InChI is InChI=1S/C34H30N4O7S2/c1-23-8-3-10-25(18-23)35-33(39)37-27-12-5-14-29(20-27)44-46(41)31-16-7-17-32(22-31)47(42,43)45-30-15-6-13-28(21-30)38-34(40)36-26-11-4-9-24(2)19-26/h3-22H,1-2H3,(H2,35,37,39)(H2,36,38,40). The van der Waals surface area contributed by atoms with E-state index in [1.165, 1.54) is 48.5 Å². The van der Waals surface area contributed by atoms with Crippen molar-refractivity contribution in [3.8, 4) is 11.5 Å². The topological polar surface area (TPSA) is 152 Å². The number of urea groups is 2. The molecule has 4 amide bonds. The number of hydrogen-bond donors (Lipinski definition) is 4. The third-order valence-electron chi connectivity index (χ3n) is 6.40. The Labute approximate surface area is 274 Å². The lowest BCUT2D eigenvalue weighted by Gasteiger charge is -2.12. The summed E-state index contributed by atoms with van der Waals surface area (Å²) in [5.41, 5.74) is 3.88. The lowest BCUT2D eigenvalue weighted by Crippen LogP contribution is -2.19. The van der Waals surface area contributed by atoms with Crippen LogP contribution in [0, 0.1) is 13.8 Å². The summed E-state index contributed by atoms with van der Waals surface area (Å²) in [5.74, 6) is 0.133. The maximum atomic E-state index is 13.1. The first-order valence-electron chi connectivity index (χ1n) is 14.2. The second-order valence-electron chi connectivity index (χ2n) is 10.3. The van der Waals surface area contributed by atoms with Gasteiger partial charge in [-0.3, -0.25) is 0 Å². The molecule has 47 heavy (non-hydrogen) atoms. The molecular formula is C34H30N4O7S2. The van der Waals surface area contributed by atoms with Gasteiger partial charge in [0, 0.05) is 34.9 Å². The zero-order valence-electron chi connectivity index (χ0n) is 25.2. The molecule has 0 saturated carbocycles.